The summed E-state index contributed by atoms with van der Waals surface area (Å²) in [4.78, 5) is 22.6. The summed E-state index contributed by atoms with van der Waals surface area (Å²) in [6.45, 7) is 8.06. The van der Waals surface area contributed by atoms with E-state index >= 15 is 0 Å². The summed E-state index contributed by atoms with van der Waals surface area (Å²) in [6, 6.07) is 6.45. The van der Waals surface area contributed by atoms with Crippen LogP contribution in [0.5, 0.6) is 5.75 Å². The van der Waals surface area contributed by atoms with Crippen LogP contribution < -0.4 is 10.1 Å². The van der Waals surface area contributed by atoms with Gasteiger partial charge in [-0.15, -0.1) is 0 Å². The standard InChI is InChI=1S/C16H21NO4/c1-11(2)10-21-14-6-4-13(5-7-14)16(20)12(3)17-9-8-15(18)19/h4-7,12,17H,1,8-10H2,2-3H3,(H,18,19). The molecule has 1 unspecified atom stereocenters. The van der Waals surface area contributed by atoms with E-state index in [4.69, 9.17) is 9.84 Å². The number of ketones is 1. The highest BCUT2D eigenvalue weighted by Crippen LogP contribution is 2.14. The lowest BCUT2D eigenvalue weighted by Gasteiger charge is -2.12. The first kappa shape index (κ1) is 16.9. The maximum absolute atomic E-state index is 12.1. The third kappa shape index (κ3) is 6.23. The number of benzene rings is 1. The van der Waals surface area contributed by atoms with Gasteiger partial charge in [-0.05, 0) is 43.7 Å². The number of carboxylic acids is 1. The van der Waals surface area contributed by atoms with Gasteiger partial charge >= 0.3 is 5.97 Å². The van der Waals surface area contributed by atoms with Gasteiger partial charge in [0, 0.05) is 12.1 Å². The largest absolute Gasteiger partial charge is 0.489 e. The monoisotopic (exact) mass is 291 g/mol. The molecule has 114 valence electrons. The molecule has 1 rings (SSSR count). The Balaban J connectivity index is 2.53. The highest BCUT2D eigenvalue weighted by atomic mass is 16.5. The lowest BCUT2D eigenvalue weighted by atomic mass is 10.1. The summed E-state index contributed by atoms with van der Waals surface area (Å²) in [7, 11) is 0. The van der Waals surface area contributed by atoms with E-state index in [1.165, 1.54) is 0 Å². The first-order chi connectivity index (χ1) is 9.90. The van der Waals surface area contributed by atoms with Crippen molar-refractivity contribution in [2.24, 2.45) is 0 Å². The van der Waals surface area contributed by atoms with E-state index in [9.17, 15) is 9.59 Å². The van der Waals surface area contributed by atoms with Crippen LogP contribution in [-0.2, 0) is 4.79 Å². The minimum Gasteiger partial charge on any atom is -0.489 e. The van der Waals surface area contributed by atoms with E-state index in [1.807, 2.05) is 6.92 Å². The summed E-state index contributed by atoms with van der Waals surface area (Å²) in [5.41, 5.74) is 1.49. The molecule has 1 aromatic carbocycles. The Labute approximate surface area is 124 Å². The normalized spacial score (nSPS) is 11.7. The third-order valence-corrected chi connectivity index (χ3v) is 2.81. The van der Waals surface area contributed by atoms with Crippen LogP contribution in [0.3, 0.4) is 0 Å². The number of hydrogen-bond acceptors (Lipinski definition) is 4. The van der Waals surface area contributed by atoms with Crippen LogP contribution in [0.1, 0.15) is 30.6 Å². The number of Topliss-reactive ketones (excluding diaryl/α,β-unsaturated/α-hetero) is 1. The van der Waals surface area contributed by atoms with E-state index in [0.717, 1.165) is 5.57 Å². The summed E-state index contributed by atoms with van der Waals surface area (Å²) >= 11 is 0. The summed E-state index contributed by atoms with van der Waals surface area (Å²) < 4.78 is 5.46. The van der Waals surface area contributed by atoms with Crippen LogP contribution in [0.25, 0.3) is 0 Å². The van der Waals surface area contributed by atoms with Crippen molar-refractivity contribution in [1.29, 1.82) is 0 Å². The van der Waals surface area contributed by atoms with Crippen molar-refractivity contribution in [3.8, 4) is 5.75 Å². The van der Waals surface area contributed by atoms with Crippen molar-refractivity contribution >= 4 is 11.8 Å². The topological polar surface area (TPSA) is 75.6 Å². The zero-order chi connectivity index (χ0) is 15.8. The summed E-state index contributed by atoms with van der Waals surface area (Å²) in [5, 5.41) is 11.5. The zero-order valence-electron chi connectivity index (χ0n) is 12.4. The molecule has 0 aliphatic carbocycles. The quantitative estimate of drug-likeness (QED) is 0.539. The molecule has 0 aliphatic heterocycles. The van der Waals surface area contributed by atoms with Gasteiger partial charge in [0.25, 0.3) is 0 Å². The van der Waals surface area contributed by atoms with Crippen molar-refractivity contribution in [2.45, 2.75) is 26.3 Å². The summed E-state index contributed by atoms with van der Waals surface area (Å²) in [6.07, 6.45) is -0.00863. The van der Waals surface area contributed by atoms with Gasteiger partial charge in [0.15, 0.2) is 5.78 Å². The Kier molecular flexibility index (Phi) is 6.62. The number of hydrogen-bond donors (Lipinski definition) is 2. The van der Waals surface area contributed by atoms with Gasteiger partial charge in [-0.25, -0.2) is 0 Å². The van der Waals surface area contributed by atoms with Crippen LogP contribution in [0, 0.1) is 0 Å². The Morgan fingerprint density at radius 1 is 1.33 bits per heavy atom. The van der Waals surface area contributed by atoms with Crippen LogP contribution in [-0.4, -0.2) is 36.1 Å². The zero-order valence-corrected chi connectivity index (χ0v) is 12.4. The van der Waals surface area contributed by atoms with Gasteiger partial charge in [0.1, 0.15) is 12.4 Å². The van der Waals surface area contributed by atoms with E-state index in [-0.39, 0.29) is 18.7 Å². The average Bonchev–Trinajstić information content (AvgIpc) is 2.44. The van der Waals surface area contributed by atoms with Crippen LogP contribution in [0.15, 0.2) is 36.4 Å². The van der Waals surface area contributed by atoms with E-state index in [2.05, 4.69) is 11.9 Å². The second kappa shape index (κ2) is 8.21. The first-order valence-electron chi connectivity index (χ1n) is 6.76. The number of carbonyl (C=O) groups excluding carboxylic acids is 1. The number of aliphatic carboxylic acids is 1. The second-order valence-electron chi connectivity index (χ2n) is 4.95. The van der Waals surface area contributed by atoms with E-state index in [1.54, 1.807) is 31.2 Å². The maximum Gasteiger partial charge on any atom is 0.304 e. The molecule has 1 atom stereocenters. The fourth-order valence-electron chi connectivity index (χ4n) is 1.66. The molecule has 0 saturated carbocycles. The molecule has 1 aromatic rings. The van der Waals surface area contributed by atoms with Crippen molar-refractivity contribution in [3.63, 3.8) is 0 Å². The molecule has 0 bridgehead atoms. The lowest BCUT2D eigenvalue weighted by Crippen LogP contribution is -2.35. The molecular weight excluding hydrogens is 270 g/mol. The number of rotatable bonds is 9. The maximum atomic E-state index is 12.1. The number of carboxylic acid groups (broad SMARTS) is 1. The minimum absolute atomic E-state index is 0.00863. The minimum atomic E-state index is -0.888. The lowest BCUT2D eigenvalue weighted by molar-refractivity contribution is -0.136. The van der Waals surface area contributed by atoms with Crippen molar-refractivity contribution < 1.29 is 19.4 Å². The highest BCUT2D eigenvalue weighted by molar-refractivity contribution is 5.99. The SMILES string of the molecule is C=C(C)COc1ccc(C(=O)C(C)NCCC(=O)O)cc1. The number of nitrogens with one attached hydrogen (secondary N) is 1. The molecule has 2 N–H and O–H groups in total. The fourth-order valence-corrected chi connectivity index (χ4v) is 1.66. The first-order valence-corrected chi connectivity index (χ1v) is 6.76. The predicted molar refractivity (Wildman–Crippen MR) is 80.8 cm³/mol. The molecule has 0 saturated heterocycles. The molecule has 0 radical (unpaired) electrons. The Hall–Kier alpha value is -2.14. The van der Waals surface area contributed by atoms with Crippen molar-refractivity contribution in [1.82, 2.24) is 5.32 Å². The van der Waals surface area contributed by atoms with E-state index < -0.39 is 12.0 Å². The molecule has 5 heteroatoms. The molecule has 0 aromatic heterocycles. The van der Waals surface area contributed by atoms with Gasteiger partial charge in [0.2, 0.25) is 0 Å². The molecule has 21 heavy (non-hydrogen) atoms. The Bertz CT molecular complexity index is 508. The number of carbonyl (C=O) groups is 2. The number of ether oxygens (including phenoxy) is 1. The van der Waals surface area contributed by atoms with Gasteiger partial charge in [-0.1, -0.05) is 6.58 Å². The molecular formula is C16H21NO4. The third-order valence-electron chi connectivity index (χ3n) is 2.81. The fraction of sp³-hybridized carbons (Fsp3) is 0.375. The van der Waals surface area contributed by atoms with Crippen LogP contribution in [0.2, 0.25) is 0 Å². The molecule has 0 fully saturated rings. The van der Waals surface area contributed by atoms with Gasteiger partial charge in [-0.3, -0.25) is 9.59 Å². The van der Waals surface area contributed by atoms with Gasteiger partial charge in [-0.2, -0.15) is 0 Å². The van der Waals surface area contributed by atoms with Crippen LogP contribution >= 0.6 is 0 Å². The smallest absolute Gasteiger partial charge is 0.304 e. The average molecular weight is 291 g/mol. The van der Waals surface area contributed by atoms with Crippen LogP contribution in [0.4, 0.5) is 0 Å². The second-order valence-corrected chi connectivity index (χ2v) is 4.95. The molecule has 0 aliphatic rings. The highest BCUT2D eigenvalue weighted by Gasteiger charge is 2.14. The van der Waals surface area contributed by atoms with Gasteiger partial charge in [0.05, 0.1) is 12.5 Å². The molecule has 0 amide bonds. The molecule has 0 spiro atoms. The Morgan fingerprint density at radius 2 is 1.95 bits per heavy atom. The Morgan fingerprint density at radius 3 is 2.48 bits per heavy atom. The predicted octanol–water partition coefficient (Wildman–Crippen LogP) is 2.28. The molecule has 0 heterocycles. The van der Waals surface area contributed by atoms with Crippen molar-refractivity contribution in [2.75, 3.05) is 13.2 Å². The van der Waals surface area contributed by atoms with Crippen molar-refractivity contribution in [3.05, 3.63) is 42.0 Å². The molecule has 5 nitrogen and oxygen atoms in total. The summed E-state index contributed by atoms with van der Waals surface area (Å²) in [5.74, 6) is -0.283. The van der Waals surface area contributed by atoms with E-state index in [0.29, 0.717) is 17.9 Å². The van der Waals surface area contributed by atoms with Gasteiger partial charge < -0.3 is 15.2 Å².